The van der Waals surface area contributed by atoms with Crippen LogP contribution >= 0.6 is 8.73 Å². The molecular formula is C18H16N3O2P. The quantitative estimate of drug-likeness (QED) is 0.579. The molecular weight excluding hydrogens is 321 g/mol. The average molecular weight is 337 g/mol. The molecule has 2 aliphatic rings. The van der Waals surface area contributed by atoms with Gasteiger partial charge in [-0.1, -0.05) is 18.2 Å². The van der Waals surface area contributed by atoms with Gasteiger partial charge >= 0.3 is 0 Å². The van der Waals surface area contributed by atoms with E-state index in [0.29, 0.717) is 11.3 Å². The summed E-state index contributed by atoms with van der Waals surface area (Å²) in [6, 6.07) is 11.7. The lowest BCUT2D eigenvalue weighted by atomic mass is 10.0. The molecule has 4 rings (SSSR count). The molecule has 0 saturated carbocycles. The summed E-state index contributed by atoms with van der Waals surface area (Å²) >= 11 is 0. The number of hydrogen-bond acceptors (Lipinski definition) is 3. The Balaban J connectivity index is 1.70. The first-order valence-electron chi connectivity index (χ1n) is 7.67. The maximum absolute atomic E-state index is 12.3. The number of carbonyl (C=O) groups is 2. The summed E-state index contributed by atoms with van der Waals surface area (Å²) in [5, 5.41) is 8.97. The standard InChI is InChI=1S/C18H16N3O2P/c1-10(22)19-13-4-5-14-15(18(23)20-17(14)8-13)6-11-2-3-12-9-24-21-16(12)7-11/h2-8,21,24H,9H2,1H3,(H,19,22)(H,20,23)/b15-6+. The molecule has 0 fully saturated rings. The highest BCUT2D eigenvalue weighted by Crippen LogP contribution is 2.38. The number of carbonyl (C=O) groups excluding carboxylic acids is 2. The molecule has 1 atom stereocenters. The van der Waals surface area contributed by atoms with E-state index < -0.39 is 0 Å². The van der Waals surface area contributed by atoms with Crippen LogP contribution in [0.25, 0.3) is 11.6 Å². The molecule has 0 bridgehead atoms. The zero-order chi connectivity index (χ0) is 16.7. The van der Waals surface area contributed by atoms with Crippen molar-refractivity contribution in [3.8, 4) is 0 Å². The summed E-state index contributed by atoms with van der Waals surface area (Å²) in [5.74, 6) is -0.262. The number of amides is 2. The predicted molar refractivity (Wildman–Crippen MR) is 99.3 cm³/mol. The monoisotopic (exact) mass is 337 g/mol. The van der Waals surface area contributed by atoms with Crippen LogP contribution in [0.2, 0.25) is 0 Å². The molecule has 24 heavy (non-hydrogen) atoms. The van der Waals surface area contributed by atoms with Crippen LogP contribution in [0, 0.1) is 0 Å². The lowest BCUT2D eigenvalue weighted by Crippen LogP contribution is -2.06. The van der Waals surface area contributed by atoms with Crippen molar-refractivity contribution in [1.82, 2.24) is 0 Å². The van der Waals surface area contributed by atoms with E-state index in [1.165, 1.54) is 12.5 Å². The highest BCUT2D eigenvalue weighted by atomic mass is 31.1. The van der Waals surface area contributed by atoms with Crippen LogP contribution in [0.1, 0.15) is 23.6 Å². The number of benzene rings is 2. The van der Waals surface area contributed by atoms with Crippen molar-refractivity contribution in [2.75, 3.05) is 15.7 Å². The Morgan fingerprint density at radius 2 is 2.08 bits per heavy atom. The van der Waals surface area contributed by atoms with Gasteiger partial charge in [-0.05, 0) is 44.1 Å². The van der Waals surface area contributed by atoms with Gasteiger partial charge in [0.05, 0.1) is 5.69 Å². The molecule has 120 valence electrons. The molecule has 2 aliphatic heterocycles. The van der Waals surface area contributed by atoms with Gasteiger partial charge < -0.3 is 15.7 Å². The van der Waals surface area contributed by atoms with Crippen LogP contribution in [0.4, 0.5) is 17.1 Å². The van der Waals surface area contributed by atoms with Crippen molar-refractivity contribution in [3.05, 3.63) is 53.1 Å². The van der Waals surface area contributed by atoms with Crippen molar-refractivity contribution >= 4 is 49.3 Å². The maximum Gasteiger partial charge on any atom is 0.256 e. The Bertz CT molecular complexity index is 905. The van der Waals surface area contributed by atoms with Gasteiger partial charge in [-0.3, -0.25) is 9.59 Å². The van der Waals surface area contributed by atoms with E-state index in [9.17, 15) is 9.59 Å². The summed E-state index contributed by atoms with van der Waals surface area (Å²) < 4.78 is 0. The van der Waals surface area contributed by atoms with Crippen molar-refractivity contribution in [2.45, 2.75) is 13.1 Å². The van der Waals surface area contributed by atoms with E-state index in [1.807, 2.05) is 18.2 Å². The number of rotatable bonds is 2. The van der Waals surface area contributed by atoms with Crippen LogP contribution in [0.5, 0.6) is 0 Å². The topological polar surface area (TPSA) is 70.2 Å². The average Bonchev–Trinajstić information content (AvgIpc) is 3.11. The SMILES string of the molecule is CC(=O)Nc1ccc2c(c1)NC(=O)/C2=C/c1ccc2c(c1)NPC2. The Labute approximate surface area is 141 Å². The summed E-state index contributed by atoms with van der Waals surface area (Å²) in [6.07, 6.45) is 2.98. The van der Waals surface area contributed by atoms with Crippen LogP contribution in [0.3, 0.4) is 0 Å². The molecule has 2 heterocycles. The highest BCUT2D eigenvalue weighted by Gasteiger charge is 2.24. The van der Waals surface area contributed by atoms with Gasteiger partial charge in [-0.2, -0.15) is 0 Å². The van der Waals surface area contributed by atoms with Crippen molar-refractivity contribution < 1.29 is 9.59 Å². The number of nitrogens with one attached hydrogen (secondary N) is 3. The largest absolute Gasteiger partial charge is 0.366 e. The Kier molecular flexibility index (Phi) is 3.58. The molecule has 2 aromatic rings. The fraction of sp³-hybridized carbons (Fsp3) is 0.111. The third kappa shape index (κ3) is 2.68. The Morgan fingerprint density at radius 3 is 2.92 bits per heavy atom. The van der Waals surface area contributed by atoms with E-state index >= 15 is 0 Å². The van der Waals surface area contributed by atoms with E-state index in [2.05, 4.69) is 27.9 Å². The molecule has 0 saturated heterocycles. The number of fused-ring (bicyclic) bond motifs is 2. The van der Waals surface area contributed by atoms with Gasteiger partial charge in [0.15, 0.2) is 0 Å². The van der Waals surface area contributed by atoms with Crippen LogP contribution in [-0.2, 0) is 15.8 Å². The number of anilines is 3. The van der Waals surface area contributed by atoms with E-state index in [-0.39, 0.29) is 11.8 Å². The van der Waals surface area contributed by atoms with E-state index in [4.69, 9.17) is 0 Å². The third-order valence-corrected chi connectivity index (χ3v) is 5.07. The van der Waals surface area contributed by atoms with Gasteiger partial charge in [0, 0.05) is 35.6 Å². The first-order valence-corrected chi connectivity index (χ1v) is 8.88. The molecule has 3 N–H and O–H groups in total. The summed E-state index contributed by atoms with van der Waals surface area (Å²) in [5.41, 5.74) is 6.36. The first-order chi connectivity index (χ1) is 11.6. The fourth-order valence-electron chi connectivity index (χ4n) is 2.97. The lowest BCUT2D eigenvalue weighted by Gasteiger charge is -2.05. The molecule has 5 nitrogen and oxygen atoms in total. The summed E-state index contributed by atoms with van der Waals surface area (Å²) in [4.78, 5) is 23.5. The zero-order valence-electron chi connectivity index (χ0n) is 13.1. The molecule has 1 unspecified atom stereocenters. The van der Waals surface area contributed by atoms with Gasteiger partial charge in [0.1, 0.15) is 0 Å². The van der Waals surface area contributed by atoms with Gasteiger partial charge in [-0.15, -0.1) is 0 Å². The minimum atomic E-state index is -0.138. The zero-order valence-corrected chi connectivity index (χ0v) is 14.1. The first kappa shape index (κ1) is 14.9. The van der Waals surface area contributed by atoms with Gasteiger partial charge in [0.2, 0.25) is 5.91 Å². The second-order valence-corrected chi connectivity index (χ2v) is 6.81. The molecule has 2 amide bonds. The molecule has 0 radical (unpaired) electrons. The second kappa shape index (κ2) is 5.77. The summed E-state index contributed by atoms with van der Waals surface area (Å²) in [6.45, 7) is 1.46. The van der Waals surface area contributed by atoms with Crippen molar-refractivity contribution in [3.63, 3.8) is 0 Å². The highest BCUT2D eigenvalue weighted by molar-refractivity contribution is 7.39. The van der Waals surface area contributed by atoms with E-state index in [1.54, 1.807) is 12.1 Å². The van der Waals surface area contributed by atoms with Crippen molar-refractivity contribution in [2.24, 2.45) is 0 Å². The Hall–Kier alpha value is -2.65. The fourth-order valence-corrected chi connectivity index (χ4v) is 3.98. The maximum atomic E-state index is 12.3. The summed E-state index contributed by atoms with van der Waals surface area (Å²) in [7, 11) is 0.729. The van der Waals surface area contributed by atoms with Crippen LogP contribution in [0.15, 0.2) is 36.4 Å². The second-order valence-electron chi connectivity index (χ2n) is 5.85. The lowest BCUT2D eigenvalue weighted by molar-refractivity contribution is -0.114. The predicted octanol–water partition coefficient (Wildman–Crippen LogP) is 3.66. The van der Waals surface area contributed by atoms with Gasteiger partial charge in [0.25, 0.3) is 5.91 Å². The molecule has 6 heteroatoms. The minimum Gasteiger partial charge on any atom is -0.366 e. The minimum absolute atomic E-state index is 0.125. The third-order valence-electron chi connectivity index (χ3n) is 4.07. The molecule has 0 spiro atoms. The molecule has 0 aromatic heterocycles. The molecule has 2 aromatic carbocycles. The van der Waals surface area contributed by atoms with E-state index in [0.717, 1.165) is 37.4 Å². The Morgan fingerprint density at radius 1 is 1.21 bits per heavy atom. The molecule has 0 aliphatic carbocycles. The normalized spacial score (nSPS) is 17.4. The van der Waals surface area contributed by atoms with Gasteiger partial charge in [-0.25, -0.2) is 0 Å². The number of hydrogen-bond donors (Lipinski definition) is 3. The van der Waals surface area contributed by atoms with Crippen LogP contribution in [-0.4, -0.2) is 11.8 Å². The van der Waals surface area contributed by atoms with Crippen molar-refractivity contribution in [1.29, 1.82) is 0 Å². The van der Waals surface area contributed by atoms with Crippen LogP contribution < -0.4 is 15.7 Å². The smallest absolute Gasteiger partial charge is 0.256 e.